The van der Waals surface area contributed by atoms with E-state index < -0.39 is 23.7 Å². The first-order valence-electron chi connectivity index (χ1n) is 5.23. The molecular weight excluding hydrogens is 270 g/mol. The summed E-state index contributed by atoms with van der Waals surface area (Å²) in [5.41, 5.74) is 0. The first-order valence-corrected chi connectivity index (χ1v) is 6.05. The Morgan fingerprint density at radius 1 is 1.47 bits per heavy atom. The van der Waals surface area contributed by atoms with Gasteiger partial charge in [-0.15, -0.1) is 0 Å². The van der Waals surface area contributed by atoms with Gasteiger partial charge in [-0.25, -0.2) is 0 Å². The number of carbonyl (C=O) groups excluding carboxylic acids is 3. The maximum atomic E-state index is 11.7. The topological polar surface area (TPSA) is 90.7 Å². The van der Waals surface area contributed by atoms with Gasteiger partial charge in [-0.3, -0.25) is 14.5 Å². The number of carbonyl (C=O) groups is 3. The Kier molecular flexibility index (Phi) is 3.86. The van der Waals surface area contributed by atoms with Crippen LogP contribution in [0.5, 0.6) is 0 Å². The van der Waals surface area contributed by atoms with Crippen molar-refractivity contribution >= 4 is 35.0 Å². The van der Waals surface area contributed by atoms with Crippen LogP contribution in [0.25, 0.3) is 6.08 Å². The maximum Gasteiger partial charge on any atom is 0.293 e. The lowest BCUT2D eigenvalue weighted by molar-refractivity contribution is -0.305. The molecule has 0 atom stereocenters. The molecule has 2 amide bonds. The number of aliphatic carboxylic acids is 1. The van der Waals surface area contributed by atoms with E-state index in [4.69, 9.17) is 4.42 Å². The second kappa shape index (κ2) is 5.57. The van der Waals surface area contributed by atoms with Gasteiger partial charge in [0.15, 0.2) is 0 Å². The van der Waals surface area contributed by atoms with E-state index in [9.17, 15) is 19.5 Å². The number of hydrogen-bond acceptors (Lipinski definition) is 6. The Bertz CT molecular complexity index is 573. The van der Waals surface area contributed by atoms with E-state index in [1.54, 1.807) is 24.3 Å². The summed E-state index contributed by atoms with van der Waals surface area (Å²) in [5, 5.41) is 9.79. The number of carboxylic acid groups (broad SMARTS) is 1. The zero-order chi connectivity index (χ0) is 13.8. The first-order chi connectivity index (χ1) is 9.08. The van der Waals surface area contributed by atoms with Gasteiger partial charge in [0.1, 0.15) is 5.76 Å². The molecule has 1 aromatic heterocycles. The van der Waals surface area contributed by atoms with Gasteiger partial charge in [0.05, 0.1) is 23.7 Å². The number of furan rings is 1. The fraction of sp³-hybridized carbons (Fsp3) is 0.0833. The number of amides is 2. The summed E-state index contributed by atoms with van der Waals surface area (Å²) in [4.78, 5) is 34.3. The highest BCUT2D eigenvalue weighted by Crippen LogP contribution is 2.30. The van der Waals surface area contributed by atoms with Crippen LogP contribution in [-0.2, 0) is 9.59 Å². The van der Waals surface area contributed by atoms with Crippen LogP contribution in [-0.4, -0.2) is 28.6 Å². The molecule has 98 valence electrons. The third kappa shape index (κ3) is 3.14. The molecule has 0 radical (unpaired) electrons. The van der Waals surface area contributed by atoms with Crippen molar-refractivity contribution in [3.8, 4) is 0 Å². The van der Waals surface area contributed by atoms with Gasteiger partial charge in [0.2, 0.25) is 0 Å². The third-order valence-corrected chi connectivity index (χ3v) is 3.14. The SMILES string of the molecule is O=C([O-])CN1C(=O)S/C(=C/C=C/c2ccco2)C1=O. The van der Waals surface area contributed by atoms with Crippen molar-refractivity contribution in [3.63, 3.8) is 0 Å². The quantitative estimate of drug-likeness (QED) is 0.750. The number of rotatable bonds is 4. The lowest BCUT2D eigenvalue weighted by atomic mass is 10.3. The van der Waals surface area contributed by atoms with Gasteiger partial charge < -0.3 is 14.3 Å². The van der Waals surface area contributed by atoms with E-state index in [1.165, 1.54) is 12.3 Å². The highest BCUT2D eigenvalue weighted by molar-refractivity contribution is 8.18. The maximum absolute atomic E-state index is 11.7. The molecule has 2 heterocycles. The van der Waals surface area contributed by atoms with Gasteiger partial charge in [0, 0.05) is 0 Å². The number of allylic oxidation sites excluding steroid dienone is 2. The molecule has 19 heavy (non-hydrogen) atoms. The fourth-order valence-corrected chi connectivity index (χ4v) is 2.19. The molecule has 1 aliphatic heterocycles. The predicted molar refractivity (Wildman–Crippen MR) is 65.5 cm³/mol. The summed E-state index contributed by atoms with van der Waals surface area (Å²) in [6.07, 6.45) is 6.11. The van der Waals surface area contributed by atoms with Crippen LogP contribution in [0.3, 0.4) is 0 Å². The molecule has 7 heteroatoms. The van der Waals surface area contributed by atoms with E-state index >= 15 is 0 Å². The van der Waals surface area contributed by atoms with Crippen molar-refractivity contribution in [2.24, 2.45) is 0 Å². The van der Waals surface area contributed by atoms with Crippen LogP contribution < -0.4 is 5.11 Å². The highest BCUT2D eigenvalue weighted by Gasteiger charge is 2.34. The van der Waals surface area contributed by atoms with Gasteiger partial charge in [0.25, 0.3) is 11.1 Å². The molecule has 0 bridgehead atoms. The zero-order valence-corrected chi connectivity index (χ0v) is 10.4. The van der Waals surface area contributed by atoms with Crippen molar-refractivity contribution in [1.29, 1.82) is 0 Å². The summed E-state index contributed by atoms with van der Waals surface area (Å²) in [6.45, 7) is -0.732. The fourth-order valence-electron chi connectivity index (χ4n) is 1.40. The second-order valence-electron chi connectivity index (χ2n) is 3.54. The molecule has 0 N–H and O–H groups in total. The lowest BCUT2D eigenvalue weighted by Crippen LogP contribution is -2.40. The van der Waals surface area contributed by atoms with E-state index in [0.717, 1.165) is 0 Å². The van der Waals surface area contributed by atoms with Gasteiger partial charge in [-0.2, -0.15) is 0 Å². The Morgan fingerprint density at radius 3 is 2.89 bits per heavy atom. The van der Waals surface area contributed by atoms with Crippen LogP contribution in [0.4, 0.5) is 4.79 Å². The summed E-state index contributed by atoms with van der Waals surface area (Å²) in [5.74, 6) is -1.51. The van der Waals surface area contributed by atoms with Gasteiger partial charge in [-0.1, -0.05) is 6.08 Å². The van der Waals surface area contributed by atoms with Crippen LogP contribution in [0.2, 0.25) is 0 Å². The van der Waals surface area contributed by atoms with Crippen LogP contribution >= 0.6 is 11.8 Å². The van der Waals surface area contributed by atoms with Gasteiger partial charge in [-0.05, 0) is 36.0 Å². The Morgan fingerprint density at radius 2 is 2.26 bits per heavy atom. The van der Waals surface area contributed by atoms with E-state index in [-0.39, 0.29) is 4.91 Å². The molecular formula is C12H8NO5S-. The zero-order valence-electron chi connectivity index (χ0n) is 9.57. The molecule has 0 unspecified atom stereocenters. The molecule has 0 saturated carbocycles. The smallest absolute Gasteiger partial charge is 0.293 e. The molecule has 0 aliphatic carbocycles. The summed E-state index contributed by atoms with van der Waals surface area (Å²) in [7, 11) is 0. The Balaban J connectivity index is 2.08. The molecule has 6 nitrogen and oxygen atoms in total. The third-order valence-electron chi connectivity index (χ3n) is 2.21. The molecule has 1 fully saturated rings. The average Bonchev–Trinajstić information content (AvgIpc) is 2.94. The van der Waals surface area contributed by atoms with Crippen molar-refractivity contribution in [2.45, 2.75) is 0 Å². The summed E-state index contributed by atoms with van der Waals surface area (Å²) >= 11 is 0.687. The van der Waals surface area contributed by atoms with Crippen molar-refractivity contribution < 1.29 is 23.9 Å². The minimum atomic E-state index is -1.48. The largest absolute Gasteiger partial charge is 0.548 e. The minimum Gasteiger partial charge on any atom is -0.548 e. The summed E-state index contributed by atoms with van der Waals surface area (Å²) in [6, 6.07) is 3.44. The number of carboxylic acids is 1. The number of thioether (sulfide) groups is 1. The van der Waals surface area contributed by atoms with Crippen molar-refractivity contribution in [3.05, 3.63) is 41.2 Å². The van der Waals surface area contributed by atoms with Crippen LogP contribution in [0, 0.1) is 0 Å². The molecule has 2 rings (SSSR count). The lowest BCUT2D eigenvalue weighted by Gasteiger charge is -2.11. The van der Waals surface area contributed by atoms with E-state index in [0.29, 0.717) is 22.4 Å². The molecule has 0 spiro atoms. The highest BCUT2D eigenvalue weighted by atomic mass is 32.2. The first kappa shape index (κ1) is 13.2. The Labute approximate surface area is 112 Å². The second-order valence-corrected chi connectivity index (χ2v) is 4.53. The van der Waals surface area contributed by atoms with Crippen molar-refractivity contribution in [1.82, 2.24) is 4.90 Å². The van der Waals surface area contributed by atoms with Crippen molar-refractivity contribution in [2.75, 3.05) is 6.54 Å². The molecule has 1 saturated heterocycles. The van der Waals surface area contributed by atoms with E-state index in [2.05, 4.69) is 0 Å². The minimum absolute atomic E-state index is 0.161. The normalized spacial score (nSPS) is 17.9. The average molecular weight is 278 g/mol. The Hall–Kier alpha value is -2.28. The number of hydrogen-bond donors (Lipinski definition) is 0. The predicted octanol–water partition coefficient (Wildman–Crippen LogP) is 0.622. The number of nitrogens with zero attached hydrogens (tertiary/aromatic N) is 1. The molecule has 1 aliphatic rings. The van der Waals surface area contributed by atoms with Crippen LogP contribution in [0.15, 0.2) is 39.9 Å². The van der Waals surface area contributed by atoms with E-state index in [1.807, 2.05) is 0 Å². The molecule has 1 aromatic rings. The monoisotopic (exact) mass is 278 g/mol. The molecule has 0 aromatic carbocycles. The number of imide groups is 1. The standard InChI is InChI=1S/C12H9NO5S/c14-10(15)7-13-11(16)9(19-12(13)17)5-1-3-8-4-2-6-18-8/h1-6H,7H2,(H,14,15)/p-1/b3-1+,9-5+. The van der Waals surface area contributed by atoms with Crippen LogP contribution in [0.1, 0.15) is 5.76 Å². The summed E-state index contributed by atoms with van der Waals surface area (Å²) < 4.78 is 5.05. The van der Waals surface area contributed by atoms with Gasteiger partial charge >= 0.3 is 0 Å².